The molecule has 6 heteroatoms. The fourth-order valence-corrected chi connectivity index (χ4v) is 2.43. The van der Waals surface area contributed by atoms with Crippen molar-refractivity contribution in [2.75, 3.05) is 5.73 Å². The van der Waals surface area contributed by atoms with Gasteiger partial charge in [-0.05, 0) is 6.07 Å². The predicted molar refractivity (Wildman–Crippen MR) is 58.1 cm³/mol. The lowest BCUT2D eigenvalue weighted by Gasteiger charge is -1.95. The molecule has 2 rings (SSSR count). The van der Waals surface area contributed by atoms with Gasteiger partial charge in [-0.1, -0.05) is 0 Å². The van der Waals surface area contributed by atoms with Gasteiger partial charge in [0.25, 0.3) is 0 Å². The summed E-state index contributed by atoms with van der Waals surface area (Å²) in [5, 5.41) is 1.58. The van der Waals surface area contributed by atoms with Gasteiger partial charge in [0.2, 0.25) is 0 Å². The van der Waals surface area contributed by atoms with Gasteiger partial charge >= 0.3 is 0 Å². The first-order chi connectivity index (χ1) is 6.84. The molecule has 4 nitrogen and oxygen atoms in total. The van der Waals surface area contributed by atoms with E-state index in [0.717, 1.165) is 15.7 Å². The highest BCUT2D eigenvalue weighted by Crippen LogP contribution is 2.24. The SMILES string of the molecule is Nc1ncc(CSc2ccncn2)s1. The van der Waals surface area contributed by atoms with Crippen molar-refractivity contribution in [3.8, 4) is 0 Å². The van der Waals surface area contributed by atoms with Crippen LogP contribution in [0.1, 0.15) is 4.88 Å². The van der Waals surface area contributed by atoms with E-state index in [1.165, 1.54) is 11.3 Å². The van der Waals surface area contributed by atoms with Crippen LogP contribution in [0.2, 0.25) is 0 Å². The number of thioether (sulfide) groups is 1. The van der Waals surface area contributed by atoms with Gasteiger partial charge in [-0.15, -0.1) is 23.1 Å². The summed E-state index contributed by atoms with van der Waals surface area (Å²) in [4.78, 5) is 13.1. The molecule has 0 radical (unpaired) electrons. The van der Waals surface area contributed by atoms with Crippen molar-refractivity contribution >= 4 is 28.2 Å². The van der Waals surface area contributed by atoms with Crippen LogP contribution in [0.4, 0.5) is 5.13 Å². The third-order valence-corrected chi connectivity index (χ3v) is 3.49. The van der Waals surface area contributed by atoms with E-state index in [4.69, 9.17) is 5.73 Å². The van der Waals surface area contributed by atoms with Crippen molar-refractivity contribution in [1.29, 1.82) is 0 Å². The summed E-state index contributed by atoms with van der Waals surface area (Å²) in [5.41, 5.74) is 5.52. The number of anilines is 1. The maximum Gasteiger partial charge on any atom is 0.180 e. The summed E-state index contributed by atoms with van der Waals surface area (Å²) in [6.07, 6.45) is 5.08. The number of nitrogen functional groups attached to an aromatic ring is 1. The largest absolute Gasteiger partial charge is 0.375 e. The summed E-state index contributed by atoms with van der Waals surface area (Å²) in [6, 6.07) is 1.88. The van der Waals surface area contributed by atoms with E-state index >= 15 is 0 Å². The molecule has 0 aliphatic carbocycles. The van der Waals surface area contributed by atoms with Crippen molar-refractivity contribution in [2.24, 2.45) is 0 Å². The lowest BCUT2D eigenvalue weighted by molar-refractivity contribution is 1.05. The van der Waals surface area contributed by atoms with Gasteiger partial charge in [-0.25, -0.2) is 15.0 Å². The van der Waals surface area contributed by atoms with E-state index in [9.17, 15) is 0 Å². The summed E-state index contributed by atoms with van der Waals surface area (Å²) < 4.78 is 0. The third-order valence-electron chi connectivity index (χ3n) is 1.49. The molecular formula is C8H8N4S2. The Bertz CT molecular complexity index is 401. The Kier molecular flexibility index (Phi) is 2.95. The lowest BCUT2D eigenvalue weighted by atomic mass is 10.6. The number of nitrogens with two attached hydrogens (primary N) is 1. The average Bonchev–Trinajstić information content (AvgIpc) is 2.63. The molecule has 0 aliphatic heterocycles. The molecule has 0 aromatic carbocycles. The number of rotatable bonds is 3. The van der Waals surface area contributed by atoms with Crippen molar-refractivity contribution in [1.82, 2.24) is 15.0 Å². The molecule has 0 saturated carbocycles. The van der Waals surface area contributed by atoms with Gasteiger partial charge in [-0.2, -0.15) is 0 Å². The standard InChI is InChI=1S/C8H8N4S2/c9-8-11-3-6(14-8)4-13-7-1-2-10-5-12-7/h1-3,5H,4H2,(H2,9,11). The highest BCUT2D eigenvalue weighted by atomic mass is 32.2. The molecule has 72 valence electrons. The molecule has 0 fully saturated rings. The van der Waals surface area contributed by atoms with Crippen molar-refractivity contribution in [3.63, 3.8) is 0 Å². The highest BCUT2D eigenvalue weighted by molar-refractivity contribution is 7.98. The number of hydrogen-bond acceptors (Lipinski definition) is 6. The normalized spacial score (nSPS) is 10.3. The predicted octanol–water partition coefficient (Wildman–Crippen LogP) is 1.81. The van der Waals surface area contributed by atoms with E-state index < -0.39 is 0 Å². The first kappa shape index (κ1) is 9.42. The van der Waals surface area contributed by atoms with Gasteiger partial charge < -0.3 is 5.73 Å². The van der Waals surface area contributed by atoms with Gasteiger partial charge in [0.15, 0.2) is 5.13 Å². The molecule has 2 N–H and O–H groups in total. The second-order valence-electron chi connectivity index (χ2n) is 2.50. The zero-order chi connectivity index (χ0) is 9.80. The number of thiazole rings is 1. The van der Waals surface area contributed by atoms with E-state index in [-0.39, 0.29) is 0 Å². The smallest absolute Gasteiger partial charge is 0.180 e. The van der Waals surface area contributed by atoms with Crippen molar-refractivity contribution in [2.45, 2.75) is 10.8 Å². The lowest BCUT2D eigenvalue weighted by Crippen LogP contribution is -1.80. The summed E-state index contributed by atoms with van der Waals surface area (Å²) in [5.74, 6) is 0.853. The topological polar surface area (TPSA) is 64.7 Å². The molecule has 0 spiro atoms. The van der Waals surface area contributed by atoms with Crippen LogP contribution >= 0.6 is 23.1 Å². The second kappa shape index (κ2) is 4.39. The number of hydrogen-bond donors (Lipinski definition) is 1. The fourth-order valence-electron chi connectivity index (χ4n) is 0.898. The Balaban J connectivity index is 1.95. The maximum absolute atomic E-state index is 5.52. The summed E-state index contributed by atoms with van der Waals surface area (Å²) in [6.45, 7) is 0. The van der Waals surface area contributed by atoms with Crippen LogP contribution in [0.25, 0.3) is 0 Å². The van der Waals surface area contributed by atoms with E-state index in [0.29, 0.717) is 5.13 Å². The summed E-state index contributed by atoms with van der Waals surface area (Å²) in [7, 11) is 0. The van der Waals surface area contributed by atoms with Gasteiger partial charge in [0.05, 0.1) is 5.03 Å². The van der Waals surface area contributed by atoms with Crippen molar-refractivity contribution in [3.05, 3.63) is 29.7 Å². The average molecular weight is 224 g/mol. The zero-order valence-electron chi connectivity index (χ0n) is 7.25. The minimum Gasteiger partial charge on any atom is -0.375 e. The van der Waals surface area contributed by atoms with Crippen LogP contribution < -0.4 is 5.73 Å². The van der Waals surface area contributed by atoms with Crippen LogP contribution in [0, 0.1) is 0 Å². The molecule has 14 heavy (non-hydrogen) atoms. The monoisotopic (exact) mass is 224 g/mol. The highest BCUT2D eigenvalue weighted by Gasteiger charge is 2.00. The molecule has 0 aliphatic rings. The molecular weight excluding hydrogens is 216 g/mol. The number of nitrogens with zero attached hydrogens (tertiary/aromatic N) is 3. The van der Waals surface area contributed by atoms with Crippen LogP contribution in [-0.4, -0.2) is 15.0 Å². The van der Waals surface area contributed by atoms with E-state index in [2.05, 4.69) is 15.0 Å². The Hall–Kier alpha value is -1.14. The maximum atomic E-state index is 5.52. The first-order valence-corrected chi connectivity index (χ1v) is 5.74. The summed E-state index contributed by atoms with van der Waals surface area (Å²) >= 11 is 3.16. The van der Waals surface area contributed by atoms with Crippen LogP contribution in [0.5, 0.6) is 0 Å². The quantitative estimate of drug-likeness (QED) is 0.636. The zero-order valence-corrected chi connectivity index (χ0v) is 8.88. The molecule has 2 aromatic heterocycles. The van der Waals surface area contributed by atoms with E-state index in [1.807, 2.05) is 6.07 Å². The Morgan fingerprint density at radius 2 is 2.36 bits per heavy atom. The molecule has 0 amide bonds. The molecule has 2 aromatic rings. The van der Waals surface area contributed by atoms with E-state index in [1.54, 1.807) is 30.5 Å². The van der Waals surface area contributed by atoms with Crippen molar-refractivity contribution < 1.29 is 0 Å². The molecule has 0 atom stereocenters. The fraction of sp³-hybridized carbons (Fsp3) is 0.125. The Labute approximate surface area is 89.6 Å². The van der Waals surface area contributed by atoms with Crippen LogP contribution in [0.15, 0.2) is 29.8 Å². The second-order valence-corrected chi connectivity index (χ2v) is 4.64. The van der Waals surface area contributed by atoms with Crippen LogP contribution in [0.3, 0.4) is 0 Å². The van der Waals surface area contributed by atoms with Gasteiger partial charge in [0.1, 0.15) is 6.33 Å². The van der Waals surface area contributed by atoms with Gasteiger partial charge in [-0.3, -0.25) is 0 Å². The molecule has 2 heterocycles. The minimum absolute atomic E-state index is 0.614. The van der Waals surface area contributed by atoms with Gasteiger partial charge in [0, 0.05) is 23.0 Å². The minimum atomic E-state index is 0.614. The molecule has 0 bridgehead atoms. The van der Waals surface area contributed by atoms with Crippen LogP contribution in [-0.2, 0) is 5.75 Å². The first-order valence-electron chi connectivity index (χ1n) is 3.93. The molecule has 0 unspecified atom stereocenters. The third kappa shape index (κ3) is 2.43. The number of aromatic nitrogens is 3. The Morgan fingerprint density at radius 1 is 1.43 bits per heavy atom. The Morgan fingerprint density at radius 3 is 3.00 bits per heavy atom. The molecule has 0 saturated heterocycles.